The van der Waals surface area contributed by atoms with Crippen LogP contribution in [0.25, 0.3) is 16.2 Å². The molecule has 0 aliphatic heterocycles. The van der Waals surface area contributed by atoms with Crippen molar-refractivity contribution in [3.63, 3.8) is 0 Å². The van der Waals surface area contributed by atoms with Gasteiger partial charge >= 0.3 is 17.1 Å². The van der Waals surface area contributed by atoms with Crippen molar-refractivity contribution < 1.29 is 9.66 Å². The molecule has 4 rings (SSSR count). The Balaban J connectivity index is 1.75. The van der Waals surface area contributed by atoms with Gasteiger partial charge in [-0.25, -0.2) is 4.98 Å². The van der Waals surface area contributed by atoms with Crippen LogP contribution in [0.5, 0.6) is 11.6 Å². The molecule has 0 radical (unpaired) electrons. The number of nitrogens with zero attached hydrogens (tertiary/aromatic N) is 4. The number of benzene rings is 1. The summed E-state index contributed by atoms with van der Waals surface area (Å²) in [6, 6.07) is 11.9. The van der Waals surface area contributed by atoms with E-state index in [2.05, 4.69) is 30.7 Å². The fourth-order valence-electron chi connectivity index (χ4n) is 2.84. The van der Waals surface area contributed by atoms with Gasteiger partial charge < -0.3 is 4.74 Å². The zero-order valence-electron chi connectivity index (χ0n) is 16.5. The first kappa shape index (κ1) is 19.7. The zero-order chi connectivity index (χ0) is 21.5. The molecule has 0 unspecified atom stereocenters. The molecule has 152 valence electrons. The van der Waals surface area contributed by atoms with Crippen molar-refractivity contribution in [3.8, 4) is 22.2 Å². The minimum Gasteiger partial charge on any atom is -0.433 e. The number of thiazole rings is 1. The predicted octanol–water partition coefficient (Wildman–Crippen LogP) is 4.82. The van der Waals surface area contributed by atoms with Crippen molar-refractivity contribution in [2.24, 2.45) is 0 Å². The fourth-order valence-corrected chi connectivity index (χ4v) is 3.89. The standard InChI is InChI=1S/C21H18N4O4S/c1-21(2,3)15-12-30-19(22-15)13-7-6-8-14(11-13)29-18-17(25(27)28)20(26)24-10-5-4-9-16(24)23-18/h4-12H,1-3H3. The third-order valence-corrected chi connectivity index (χ3v) is 5.32. The second kappa shape index (κ2) is 7.34. The van der Waals surface area contributed by atoms with Gasteiger partial charge in [0.25, 0.3) is 0 Å². The first-order valence-electron chi connectivity index (χ1n) is 9.14. The number of hydrogen-bond donors (Lipinski definition) is 0. The number of aromatic nitrogens is 3. The van der Waals surface area contributed by atoms with Gasteiger partial charge in [0.1, 0.15) is 16.4 Å². The zero-order valence-corrected chi connectivity index (χ0v) is 17.3. The molecule has 3 heterocycles. The van der Waals surface area contributed by atoms with Gasteiger partial charge in [-0.15, -0.1) is 11.3 Å². The molecule has 9 heteroatoms. The molecule has 0 aliphatic rings. The molecule has 4 aromatic rings. The van der Waals surface area contributed by atoms with E-state index in [-0.39, 0.29) is 16.9 Å². The SMILES string of the molecule is CC(C)(C)c1csc(-c2cccc(Oc3nc4ccccn4c(=O)c3[N+](=O)[O-])c2)n1. The van der Waals surface area contributed by atoms with Gasteiger partial charge in [-0.1, -0.05) is 39.0 Å². The van der Waals surface area contributed by atoms with E-state index in [4.69, 9.17) is 4.74 Å². The largest absolute Gasteiger partial charge is 0.433 e. The highest BCUT2D eigenvalue weighted by molar-refractivity contribution is 7.13. The van der Waals surface area contributed by atoms with E-state index in [0.29, 0.717) is 5.75 Å². The third kappa shape index (κ3) is 3.67. The minimum absolute atomic E-state index is 0.0688. The van der Waals surface area contributed by atoms with Crippen molar-refractivity contribution in [3.05, 3.63) is 80.2 Å². The Morgan fingerprint density at radius 3 is 2.63 bits per heavy atom. The van der Waals surface area contributed by atoms with Gasteiger partial charge in [-0.2, -0.15) is 4.98 Å². The molecular weight excluding hydrogens is 404 g/mol. The maximum absolute atomic E-state index is 12.6. The summed E-state index contributed by atoms with van der Waals surface area (Å²) in [7, 11) is 0. The Bertz CT molecular complexity index is 1320. The quantitative estimate of drug-likeness (QED) is 0.345. The summed E-state index contributed by atoms with van der Waals surface area (Å²) < 4.78 is 6.82. The lowest BCUT2D eigenvalue weighted by Crippen LogP contribution is -2.19. The Labute approximate surface area is 175 Å². The number of fused-ring (bicyclic) bond motifs is 1. The highest BCUT2D eigenvalue weighted by Crippen LogP contribution is 2.33. The maximum Gasteiger partial charge on any atom is 0.396 e. The molecule has 3 aromatic heterocycles. The van der Waals surface area contributed by atoms with Crippen molar-refractivity contribution in [1.29, 1.82) is 0 Å². The lowest BCUT2D eigenvalue weighted by molar-refractivity contribution is -0.387. The van der Waals surface area contributed by atoms with Crippen LogP contribution in [0.4, 0.5) is 5.69 Å². The molecule has 0 amide bonds. The van der Waals surface area contributed by atoms with Gasteiger partial charge in [0, 0.05) is 22.6 Å². The molecular formula is C21H18N4O4S. The van der Waals surface area contributed by atoms with Crippen molar-refractivity contribution in [2.45, 2.75) is 26.2 Å². The van der Waals surface area contributed by atoms with E-state index < -0.39 is 16.2 Å². The van der Waals surface area contributed by atoms with Crippen LogP contribution in [0.1, 0.15) is 26.5 Å². The summed E-state index contributed by atoms with van der Waals surface area (Å²) in [6.45, 7) is 6.28. The molecule has 0 N–H and O–H groups in total. The fraction of sp³-hybridized carbons (Fsp3) is 0.190. The van der Waals surface area contributed by atoms with Crippen molar-refractivity contribution >= 4 is 22.7 Å². The molecule has 0 saturated carbocycles. The Kier molecular flexibility index (Phi) is 4.83. The van der Waals surface area contributed by atoms with Gasteiger partial charge in [-0.3, -0.25) is 19.3 Å². The van der Waals surface area contributed by atoms with Crippen molar-refractivity contribution in [1.82, 2.24) is 14.4 Å². The van der Waals surface area contributed by atoms with Crippen LogP contribution in [0.2, 0.25) is 0 Å². The van der Waals surface area contributed by atoms with Crippen LogP contribution in [0.3, 0.4) is 0 Å². The molecule has 0 atom stereocenters. The van der Waals surface area contributed by atoms with Gasteiger partial charge in [0.2, 0.25) is 0 Å². The van der Waals surface area contributed by atoms with Gasteiger partial charge in [0.15, 0.2) is 0 Å². The van der Waals surface area contributed by atoms with E-state index in [0.717, 1.165) is 20.7 Å². The van der Waals surface area contributed by atoms with Crippen LogP contribution in [0.15, 0.2) is 58.8 Å². The summed E-state index contributed by atoms with van der Waals surface area (Å²) in [5, 5.41) is 14.4. The first-order valence-corrected chi connectivity index (χ1v) is 10.0. The average Bonchev–Trinajstić information content (AvgIpc) is 3.19. The van der Waals surface area contributed by atoms with Crippen LogP contribution < -0.4 is 10.3 Å². The summed E-state index contributed by atoms with van der Waals surface area (Å²) in [5.41, 5.74) is 0.469. The predicted molar refractivity (Wildman–Crippen MR) is 114 cm³/mol. The van der Waals surface area contributed by atoms with Crippen LogP contribution in [-0.2, 0) is 5.41 Å². The van der Waals surface area contributed by atoms with E-state index >= 15 is 0 Å². The van der Waals surface area contributed by atoms with Gasteiger partial charge in [-0.05, 0) is 24.3 Å². The maximum atomic E-state index is 12.6. The summed E-state index contributed by atoms with van der Waals surface area (Å²) in [5.74, 6) is -0.0156. The summed E-state index contributed by atoms with van der Waals surface area (Å²) in [6.07, 6.45) is 1.43. The molecule has 0 saturated heterocycles. The second-order valence-electron chi connectivity index (χ2n) is 7.67. The van der Waals surface area contributed by atoms with Crippen LogP contribution in [0, 0.1) is 10.1 Å². The number of pyridine rings is 1. The van der Waals surface area contributed by atoms with Crippen molar-refractivity contribution in [2.75, 3.05) is 0 Å². The number of rotatable bonds is 4. The Hall–Kier alpha value is -3.59. The van der Waals surface area contributed by atoms with E-state index in [9.17, 15) is 14.9 Å². The molecule has 8 nitrogen and oxygen atoms in total. The van der Waals surface area contributed by atoms with Crippen LogP contribution >= 0.6 is 11.3 Å². The smallest absolute Gasteiger partial charge is 0.396 e. The van der Waals surface area contributed by atoms with E-state index in [1.165, 1.54) is 17.5 Å². The Morgan fingerprint density at radius 2 is 1.93 bits per heavy atom. The summed E-state index contributed by atoms with van der Waals surface area (Å²) >= 11 is 1.51. The Morgan fingerprint density at radius 1 is 1.13 bits per heavy atom. The topological polar surface area (TPSA) is 99.6 Å². The lowest BCUT2D eigenvalue weighted by Gasteiger charge is -2.14. The molecule has 1 aromatic carbocycles. The highest BCUT2D eigenvalue weighted by atomic mass is 32.1. The normalized spacial score (nSPS) is 11.6. The summed E-state index contributed by atoms with van der Waals surface area (Å²) in [4.78, 5) is 32.2. The molecule has 0 aliphatic carbocycles. The number of nitro groups is 1. The van der Waals surface area contributed by atoms with Gasteiger partial charge in [0.05, 0.1) is 10.6 Å². The highest BCUT2D eigenvalue weighted by Gasteiger charge is 2.26. The molecule has 30 heavy (non-hydrogen) atoms. The average molecular weight is 422 g/mol. The lowest BCUT2D eigenvalue weighted by atomic mass is 9.93. The molecule has 0 bridgehead atoms. The monoisotopic (exact) mass is 422 g/mol. The number of ether oxygens (including phenoxy) is 1. The van der Waals surface area contributed by atoms with Crippen LogP contribution in [-0.4, -0.2) is 19.3 Å². The second-order valence-corrected chi connectivity index (χ2v) is 8.53. The number of hydrogen-bond acceptors (Lipinski definition) is 7. The minimum atomic E-state index is -0.800. The third-order valence-electron chi connectivity index (χ3n) is 4.43. The molecule has 0 fully saturated rings. The van der Waals surface area contributed by atoms with E-state index in [1.54, 1.807) is 36.4 Å². The van der Waals surface area contributed by atoms with E-state index in [1.807, 2.05) is 11.4 Å². The molecule has 0 spiro atoms. The first-order chi connectivity index (χ1) is 14.2.